The minimum absolute atomic E-state index is 0.0161. The standard InChI is InChI=1S/C22H29F3N2O/c1-2-17(12-15-6-4-3-5-7-15)19-13-20(19)27(21(28)22(23,24)25)14-16-8-10-18(26)11-9-16/h3-7,12,16,18-20H,2,8-11,13-14,26H2,1H3/b17-12+/t16?,18?,19-,20+/m0/s1. The summed E-state index contributed by atoms with van der Waals surface area (Å²) in [6.45, 7) is 2.21. The molecule has 0 aliphatic heterocycles. The van der Waals surface area contributed by atoms with Gasteiger partial charge < -0.3 is 10.6 Å². The molecule has 2 aliphatic rings. The number of carbonyl (C=O) groups is 1. The van der Waals surface area contributed by atoms with Gasteiger partial charge in [0.05, 0.1) is 0 Å². The second kappa shape index (κ2) is 8.68. The van der Waals surface area contributed by atoms with Crippen LogP contribution in [0.4, 0.5) is 13.2 Å². The Hall–Kier alpha value is -1.82. The summed E-state index contributed by atoms with van der Waals surface area (Å²) in [5.74, 6) is -1.57. The maximum Gasteiger partial charge on any atom is 0.471 e. The van der Waals surface area contributed by atoms with E-state index in [1.807, 2.05) is 37.3 Å². The molecule has 0 heterocycles. The zero-order chi connectivity index (χ0) is 20.3. The zero-order valence-corrected chi connectivity index (χ0v) is 16.3. The summed E-state index contributed by atoms with van der Waals surface area (Å²) in [5, 5.41) is 0. The van der Waals surface area contributed by atoms with Gasteiger partial charge in [-0.3, -0.25) is 4.79 Å². The summed E-state index contributed by atoms with van der Waals surface area (Å²) >= 11 is 0. The van der Waals surface area contributed by atoms with Crippen LogP contribution >= 0.6 is 0 Å². The van der Waals surface area contributed by atoms with Crippen LogP contribution in [0.15, 0.2) is 35.9 Å². The molecule has 2 N–H and O–H groups in total. The second-order valence-corrected chi connectivity index (χ2v) is 8.13. The molecule has 2 saturated carbocycles. The van der Waals surface area contributed by atoms with E-state index in [4.69, 9.17) is 5.73 Å². The summed E-state index contributed by atoms with van der Waals surface area (Å²) < 4.78 is 39.7. The summed E-state index contributed by atoms with van der Waals surface area (Å²) in [7, 11) is 0. The van der Waals surface area contributed by atoms with Gasteiger partial charge in [-0.25, -0.2) is 0 Å². The number of nitrogens with two attached hydrogens (primary N) is 1. The van der Waals surface area contributed by atoms with E-state index in [0.29, 0.717) is 6.42 Å². The topological polar surface area (TPSA) is 46.3 Å². The van der Waals surface area contributed by atoms with Gasteiger partial charge in [0.1, 0.15) is 0 Å². The summed E-state index contributed by atoms with van der Waals surface area (Å²) in [4.78, 5) is 13.3. The normalized spacial score (nSPS) is 28.1. The average molecular weight is 394 g/mol. The molecule has 154 valence electrons. The molecule has 28 heavy (non-hydrogen) atoms. The Balaban J connectivity index is 1.74. The maximum absolute atomic E-state index is 13.2. The predicted octanol–water partition coefficient (Wildman–Crippen LogP) is 4.78. The molecule has 3 rings (SSSR count). The Morgan fingerprint density at radius 1 is 1.18 bits per heavy atom. The number of amides is 1. The lowest BCUT2D eigenvalue weighted by molar-refractivity contribution is -0.187. The van der Waals surface area contributed by atoms with Gasteiger partial charge in [-0.1, -0.05) is 48.9 Å². The number of nitrogens with zero attached hydrogens (tertiary/aromatic N) is 1. The molecule has 2 atom stereocenters. The number of rotatable bonds is 6. The molecule has 0 unspecified atom stereocenters. The first kappa shape index (κ1) is 20.9. The smallest absolute Gasteiger partial charge is 0.331 e. The van der Waals surface area contributed by atoms with Crippen LogP contribution in [0.3, 0.4) is 0 Å². The third-order valence-corrected chi connectivity index (χ3v) is 6.04. The van der Waals surface area contributed by atoms with E-state index in [1.165, 1.54) is 0 Å². The van der Waals surface area contributed by atoms with Gasteiger partial charge in [-0.2, -0.15) is 13.2 Å². The van der Waals surface area contributed by atoms with Crippen molar-refractivity contribution in [3.05, 3.63) is 41.5 Å². The van der Waals surface area contributed by atoms with Crippen LogP contribution in [-0.4, -0.2) is 35.6 Å². The molecule has 0 spiro atoms. The highest BCUT2D eigenvalue weighted by Gasteiger charge is 2.52. The van der Waals surface area contributed by atoms with E-state index < -0.39 is 12.1 Å². The fourth-order valence-electron chi connectivity index (χ4n) is 4.34. The third kappa shape index (κ3) is 5.16. The molecule has 6 heteroatoms. The van der Waals surface area contributed by atoms with Gasteiger partial charge in [0.15, 0.2) is 0 Å². The molecule has 0 bridgehead atoms. The molecular weight excluding hydrogens is 365 g/mol. The van der Waals surface area contributed by atoms with E-state index in [9.17, 15) is 18.0 Å². The first-order chi connectivity index (χ1) is 13.3. The quantitative estimate of drug-likeness (QED) is 0.755. The maximum atomic E-state index is 13.2. The van der Waals surface area contributed by atoms with Crippen molar-refractivity contribution in [1.82, 2.24) is 4.90 Å². The first-order valence-electron chi connectivity index (χ1n) is 10.2. The number of hydrogen-bond donors (Lipinski definition) is 1. The molecular formula is C22H29F3N2O. The first-order valence-corrected chi connectivity index (χ1v) is 10.2. The fourth-order valence-corrected chi connectivity index (χ4v) is 4.34. The molecule has 1 aromatic carbocycles. The van der Waals surface area contributed by atoms with Gasteiger partial charge in [-0.15, -0.1) is 0 Å². The van der Waals surface area contributed by atoms with Gasteiger partial charge in [-0.05, 0) is 50.0 Å². The van der Waals surface area contributed by atoms with Crippen molar-refractivity contribution in [3.63, 3.8) is 0 Å². The number of hydrogen-bond acceptors (Lipinski definition) is 2. The Kier molecular flexibility index (Phi) is 6.48. The molecule has 2 fully saturated rings. The lowest BCUT2D eigenvalue weighted by atomic mass is 9.86. The number of halogens is 3. The van der Waals surface area contributed by atoms with E-state index >= 15 is 0 Å². The van der Waals surface area contributed by atoms with Gasteiger partial charge >= 0.3 is 12.1 Å². The predicted molar refractivity (Wildman–Crippen MR) is 104 cm³/mol. The van der Waals surface area contributed by atoms with Crippen molar-refractivity contribution in [2.24, 2.45) is 17.6 Å². The Labute approximate surface area is 164 Å². The Morgan fingerprint density at radius 2 is 1.82 bits per heavy atom. The summed E-state index contributed by atoms with van der Waals surface area (Å²) in [6, 6.07) is 9.57. The third-order valence-electron chi connectivity index (χ3n) is 6.04. The lowest BCUT2D eigenvalue weighted by Crippen LogP contribution is -2.46. The monoisotopic (exact) mass is 394 g/mol. The van der Waals surface area contributed by atoms with Gasteiger partial charge in [0.2, 0.25) is 0 Å². The largest absolute Gasteiger partial charge is 0.471 e. The van der Waals surface area contributed by atoms with Crippen molar-refractivity contribution < 1.29 is 18.0 Å². The molecule has 0 radical (unpaired) electrons. The fraction of sp³-hybridized carbons (Fsp3) is 0.591. The molecule has 0 aromatic heterocycles. The van der Waals surface area contributed by atoms with Gasteiger partial charge in [0, 0.05) is 24.5 Å². The van der Waals surface area contributed by atoms with Crippen LogP contribution in [0.2, 0.25) is 0 Å². The lowest BCUT2D eigenvalue weighted by Gasteiger charge is -2.32. The van der Waals surface area contributed by atoms with Crippen molar-refractivity contribution in [3.8, 4) is 0 Å². The molecule has 0 saturated heterocycles. The highest BCUT2D eigenvalue weighted by atomic mass is 19.4. The van der Waals surface area contributed by atoms with E-state index in [2.05, 4.69) is 6.08 Å². The Morgan fingerprint density at radius 3 is 2.39 bits per heavy atom. The SMILES string of the molecule is CC/C(=C\c1ccccc1)[C@@H]1C[C@H]1N(CC1CCC(N)CC1)C(=O)C(F)(F)F. The van der Waals surface area contributed by atoms with E-state index in [0.717, 1.165) is 48.1 Å². The molecule has 1 aromatic rings. The summed E-state index contributed by atoms with van der Waals surface area (Å²) in [6.07, 6.45) is 1.83. The minimum atomic E-state index is -4.83. The van der Waals surface area contributed by atoms with Crippen molar-refractivity contribution in [1.29, 1.82) is 0 Å². The van der Waals surface area contributed by atoms with Crippen molar-refractivity contribution in [2.75, 3.05) is 6.54 Å². The highest BCUT2D eigenvalue weighted by molar-refractivity contribution is 5.82. The Bertz CT molecular complexity index is 693. The number of alkyl halides is 3. The van der Waals surface area contributed by atoms with E-state index in [1.54, 1.807) is 0 Å². The second-order valence-electron chi connectivity index (χ2n) is 8.13. The van der Waals surface area contributed by atoms with Crippen molar-refractivity contribution in [2.45, 2.75) is 63.7 Å². The molecule has 3 nitrogen and oxygen atoms in total. The highest BCUT2D eigenvalue weighted by Crippen LogP contribution is 2.45. The van der Waals surface area contributed by atoms with Crippen LogP contribution in [-0.2, 0) is 4.79 Å². The average Bonchev–Trinajstić information content (AvgIpc) is 3.45. The zero-order valence-electron chi connectivity index (χ0n) is 16.3. The minimum Gasteiger partial charge on any atom is -0.331 e. The number of carbonyl (C=O) groups excluding carboxylic acids is 1. The van der Waals surface area contributed by atoms with E-state index in [-0.39, 0.29) is 30.5 Å². The van der Waals surface area contributed by atoms with Crippen LogP contribution in [0.1, 0.15) is 51.0 Å². The van der Waals surface area contributed by atoms with Gasteiger partial charge in [0.25, 0.3) is 0 Å². The molecule has 1 amide bonds. The van der Waals surface area contributed by atoms with Crippen LogP contribution in [0, 0.1) is 11.8 Å². The summed E-state index contributed by atoms with van der Waals surface area (Å²) in [5.41, 5.74) is 8.07. The van der Waals surface area contributed by atoms with Crippen LogP contribution in [0.25, 0.3) is 6.08 Å². The molecule has 2 aliphatic carbocycles. The van der Waals surface area contributed by atoms with Crippen LogP contribution < -0.4 is 5.73 Å². The van der Waals surface area contributed by atoms with Crippen LogP contribution in [0.5, 0.6) is 0 Å². The number of benzene rings is 1. The van der Waals surface area contributed by atoms with Crippen molar-refractivity contribution >= 4 is 12.0 Å².